The predicted octanol–water partition coefficient (Wildman–Crippen LogP) is 2.93. The van der Waals surface area contributed by atoms with E-state index < -0.39 is 0 Å². The molecular formula is C21H25FN6O. The Morgan fingerprint density at radius 2 is 2.03 bits per heavy atom. The standard InChI is InChI=1S/C21H25FN6O/c1-3-24-21(26-12-16(2)29-19-7-5-18(22)6-8-19)27-14-17-4-9-20(25-13-17)28-11-10-23-15-28/h4-11,13,15-16H,3,12,14H2,1-2H3,(H2,24,26,27). The number of nitrogens with zero attached hydrogens (tertiary/aromatic N) is 4. The van der Waals surface area contributed by atoms with Crippen LogP contribution in [0.1, 0.15) is 19.4 Å². The van der Waals surface area contributed by atoms with Gasteiger partial charge in [-0.05, 0) is 49.7 Å². The van der Waals surface area contributed by atoms with E-state index in [4.69, 9.17) is 4.74 Å². The minimum Gasteiger partial charge on any atom is -0.489 e. The zero-order valence-electron chi connectivity index (χ0n) is 16.5. The van der Waals surface area contributed by atoms with Gasteiger partial charge in [0.05, 0.1) is 13.1 Å². The predicted molar refractivity (Wildman–Crippen MR) is 111 cm³/mol. The zero-order valence-corrected chi connectivity index (χ0v) is 16.5. The Kier molecular flexibility index (Phi) is 7.16. The molecular weight excluding hydrogens is 371 g/mol. The van der Waals surface area contributed by atoms with Crippen LogP contribution in [0.15, 0.2) is 66.3 Å². The second-order valence-corrected chi connectivity index (χ2v) is 6.45. The van der Waals surface area contributed by atoms with Crippen LogP contribution < -0.4 is 15.4 Å². The van der Waals surface area contributed by atoms with Crippen molar-refractivity contribution in [2.24, 2.45) is 4.99 Å². The summed E-state index contributed by atoms with van der Waals surface area (Å²) in [6, 6.07) is 9.93. The van der Waals surface area contributed by atoms with Crippen LogP contribution in [0.3, 0.4) is 0 Å². The molecule has 2 heterocycles. The number of benzene rings is 1. The topological polar surface area (TPSA) is 76.4 Å². The third-order valence-corrected chi connectivity index (χ3v) is 4.05. The van der Waals surface area contributed by atoms with Crippen LogP contribution in [0.4, 0.5) is 4.39 Å². The Labute approximate surface area is 169 Å². The van der Waals surface area contributed by atoms with E-state index in [1.807, 2.05) is 42.9 Å². The Hall–Kier alpha value is -3.42. The highest BCUT2D eigenvalue weighted by molar-refractivity contribution is 5.79. The smallest absolute Gasteiger partial charge is 0.191 e. The van der Waals surface area contributed by atoms with E-state index in [1.54, 1.807) is 24.7 Å². The number of hydrogen-bond donors (Lipinski definition) is 2. The van der Waals surface area contributed by atoms with E-state index in [1.165, 1.54) is 12.1 Å². The van der Waals surface area contributed by atoms with Crippen LogP contribution in [0.25, 0.3) is 5.82 Å². The first kappa shape index (κ1) is 20.3. The van der Waals surface area contributed by atoms with Gasteiger partial charge in [0.15, 0.2) is 5.96 Å². The second kappa shape index (κ2) is 10.2. The van der Waals surface area contributed by atoms with E-state index in [0.717, 1.165) is 17.9 Å². The van der Waals surface area contributed by atoms with Gasteiger partial charge in [0.25, 0.3) is 0 Å². The van der Waals surface area contributed by atoms with Crippen molar-refractivity contribution in [1.29, 1.82) is 0 Å². The maximum Gasteiger partial charge on any atom is 0.191 e. The van der Waals surface area contributed by atoms with Crippen molar-refractivity contribution in [3.05, 3.63) is 72.7 Å². The van der Waals surface area contributed by atoms with Gasteiger partial charge < -0.3 is 15.4 Å². The van der Waals surface area contributed by atoms with Crippen molar-refractivity contribution < 1.29 is 9.13 Å². The zero-order chi connectivity index (χ0) is 20.5. The number of ether oxygens (including phenoxy) is 1. The molecule has 0 bridgehead atoms. The summed E-state index contributed by atoms with van der Waals surface area (Å²) in [5.41, 5.74) is 1.00. The van der Waals surface area contributed by atoms with Gasteiger partial charge in [0.2, 0.25) is 0 Å². The Balaban J connectivity index is 1.53. The molecule has 0 saturated heterocycles. The summed E-state index contributed by atoms with van der Waals surface area (Å²) in [7, 11) is 0. The Bertz CT molecular complexity index is 894. The van der Waals surface area contributed by atoms with Gasteiger partial charge in [-0.25, -0.2) is 19.4 Å². The lowest BCUT2D eigenvalue weighted by Crippen LogP contribution is -2.41. The summed E-state index contributed by atoms with van der Waals surface area (Å²) in [6.07, 6.45) is 6.98. The monoisotopic (exact) mass is 396 g/mol. The van der Waals surface area contributed by atoms with Crippen LogP contribution in [0, 0.1) is 5.82 Å². The first-order chi connectivity index (χ1) is 14.1. The minimum atomic E-state index is -0.280. The summed E-state index contributed by atoms with van der Waals surface area (Å²) >= 11 is 0. The van der Waals surface area contributed by atoms with E-state index in [9.17, 15) is 4.39 Å². The number of halogens is 1. The lowest BCUT2D eigenvalue weighted by atomic mass is 10.3. The summed E-state index contributed by atoms with van der Waals surface area (Å²) in [5.74, 6) is 1.86. The van der Waals surface area contributed by atoms with Crippen LogP contribution in [0.2, 0.25) is 0 Å². The Morgan fingerprint density at radius 3 is 2.69 bits per heavy atom. The van der Waals surface area contributed by atoms with E-state index in [2.05, 4.69) is 25.6 Å². The van der Waals surface area contributed by atoms with Crippen molar-refractivity contribution in [2.45, 2.75) is 26.5 Å². The average Bonchev–Trinajstić information content (AvgIpc) is 3.27. The van der Waals surface area contributed by atoms with Crippen LogP contribution in [0.5, 0.6) is 5.75 Å². The molecule has 8 heteroatoms. The minimum absolute atomic E-state index is 0.111. The molecule has 1 aromatic carbocycles. The Morgan fingerprint density at radius 1 is 1.21 bits per heavy atom. The van der Waals surface area contributed by atoms with Gasteiger partial charge in [-0.1, -0.05) is 6.07 Å². The first-order valence-electron chi connectivity index (χ1n) is 9.51. The number of aromatic nitrogens is 3. The molecule has 0 amide bonds. The van der Waals surface area contributed by atoms with Crippen LogP contribution in [-0.4, -0.2) is 39.7 Å². The van der Waals surface area contributed by atoms with Gasteiger partial charge in [-0.2, -0.15) is 0 Å². The molecule has 0 radical (unpaired) electrons. The van der Waals surface area contributed by atoms with Gasteiger partial charge in [-0.3, -0.25) is 4.57 Å². The molecule has 0 saturated carbocycles. The number of aliphatic imine (C=N–C) groups is 1. The molecule has 7 nitrogen and oxygen atoms in total. The molecule has 1 atom stereocenters. The van der Waals surface area contributed by atoms with Crippen molar-refractivity contribution in [3.63, 3.8) is 0 Å². The third kappa shape index (κ3) is 6.31. The SMILES string of the molecule is CCNC(=NCc1ccc(-n2ccnc2)nc1)NCC(C)Oc1ccc(F)cc1. The fourth-order valence-corrected chi connectivity index (χ4v) is 2.60. The van der Waals surface area contributed by atoms with E-state index in [-0.39, 0.29) is 11.9 Å². The highest BCUT2D eigenvalue weighted by atomic mass is 19.1. The molecule has 2 N–H and O–H groups in total. The molecule has 29 heavy (non-hydrogen) atoms. The highest BCUT2D eigenvalue weighted by Gasteiger charge is 2.06. The third-order valence-electron chi connectivity index (χ3n) is 4.05. The molecule has 152 valence electrons. The van der Waals surface area contributed by atoms with Crippen molar-refractivity contribution in [3.8, 4) is 11.6 Å². The summed E-state index contributed by atoms with van der Waals surface area (Å²) < 4.78 is 20.6. The van der Waals surface area contributed by atoms with Crippen LogP contribution in [-0.2, 0) is 6.54 Å². The highest BCUT2D eigenvalue weighted by Crippen LogP contribution is 2.12. The summed E-state index contributed by atoms with van der Waals surface area (Å²) in [4.78, 5) is 13.1. The normalized spacial score (nSPS) is 12.4. The molecule has 0 fully saturated rings. The molecule has 0 spiro atoms. The lowest BCUT2D eigenvalue weighted by molar-refractivity contribution is 0.223. The maximum atomic E-state index is 13.0. The van der Waals surface area contributed by atoms with E-state index in [0.29, 0.717) is 24.8 Å². The number of guanidine groups is 1. The summed E-state index contributed by atoms with van der Waals surface area (Å²) in [6.45, 7) is 5.76. The van der Waals surface area contributed by atoms with Crippen molar-refractivity contribution in [2.75, 3.05) is 13.1 Å². The molecule has 1 unspecified atom stereocenters. The lowest BCUT2D eigenvalue weighted by Gasteiger charge is -2.17. The number of rotatable bonds is 8. The van der Waals surface area contributed by atoms with E-state index >= 15 is 0 Å². The molecule has 3 rings (SSSR count). The number of pyridine rings is 1. The number of nitrogens with one attached hydrogen (secondary N) is 2. The average molecular weight is 396 g/mol. The molecule has 3 aromatic rings. The van der Waals surface area contributed by atoms with Crippen molar-refractivity contribution in [1.82, 2.24) is 25.2 Å². The maximum absolute atomic E-state index is 13.0. The van der Waals surface area contributed by atoms with Crippen LogP contribution >= 0.6 is 0 Å². The fraction of sp³-hybridized carbons (Fsp3) is 0.286. The second-order valence-electron chi connectivity index (χ2n) is 6.45. The fourth-order valence-electron chi connectivity index (χ4n) is 2.60. The molecule has 2 aromatic heterocycles. The first-order valence-corrected chi connectivity index (χ1v) is 9.51. The summed E-state index contributed by atoms with van der Waals surface area (Å²) in [5, 5.41) is 6.48. The number of hydrogen-bond acceptors (Lipinski definition) is 4. The largest absolute Gasteiger partial charge is 0.489 e. The quantitative estimate of drug-likeness (QED) is 0.452. The van der Waals surface area contributed by atoms with Gasteiger partial charge >= 0.3 is 0 Å². The van der Waals surface area contributed by atoms with Gasteiger partial charge in [-0.15, -0.1) is 0 Å². The van der Waals surface area contributed by atoms with Gasteiger partial charge in [0.1, 0.15) is 29.8 Å². The van der Waals surface area contributed by atoms with Crippen molar-refractivity contribution >= 4 is 5.96 Å². The molecule has 0 aliphatic heterocycles. The van der Waals surface area contributed by atoms with Gasteiger partial charge in [0, 0.05) is 25.1 Å². The molecule has 0 aliphatic carbocycles. The number of imidazole rings is 1. The molecule has 0 aliphatic rings.